The van der Waals surface area contributed by atoms with Gasteiger partial charge in [0.15, 0.2) is 28.8 Å². The molecule has 166 valence electrons. The van der Waals surface area contributed by atoms with Gasteiger partial charge in [0, 0.05) is 39.9 Å². The lowest BCUT2D eigenvalue weighted by atomic mass is 9.98. The van der Waals surface area contributed by atoms with E-state index in [4.69, 9.17) is 42.6 Å². The van der Waals surface area contributed by atoms with Crippen molar-refractivity contribution in [2.75, 3.05) is 0 Å². The molecule has 0 aliphatic heterocycles. The topological polar surface area (TPSA) is 51.8 Å². The van der Waals surface area contributed by atoms with Crippen LogP contribution in [-0.2, 0) is 0 Å². The molecule has 2 heterocycles. The lowest BCUT2D eigenvalue weighted by Crippen LogP contribution is -2.08. The fourth-order valence-electron chi connectivity index (χ4n) is 4.45. The van der Waals surface area contributed by atoms with Gasteiger partial charge in [-0.05, 0) is 25.0 Å². The summed E-state index contributed by atoms with van der Waals surface area (Å²) in [6, 6.07) is 17.7. The monoisotopic (exact) mass is 484 g/mol. The molecule has 5 aromatic rings. The number of rotatable bonds is 3. The summed E-state index contributed by atoms with van der Waals surface area (Å²) in [6.07, 6.45) is 9.22. The highest BCUT2D eigenvalue weighted by Gasteiger charge is 2.23. The minimum absolute atomic E-state index is 0.0866. The Balaban J connectivity index is 1.67. The summed E-state index contributed by atoms with van der Waals surface area (Å²) in [4.78, 5) is 14.8. The molecule has 0 fully saturated rings. The van der Waals surface area contributed by atoms with E-state index in [9.17, 15) is 0 Å². The third-order valence-electron chi connectivity index (χ3n) is 6.09. The molecule has 4 nitrogen and oxygen atoms in total. The summed E-state index contributed by atoms with van der Waals surface area (Å²) in [5, 5.41) is 2.95. The van der Waals surface area contributed by atoms with Crippen molar-refractivity contribution in [1.82, 2.24) is 15.0 Å². The van der Waals surface area contributed by atoms with Gasteiger partial charge < -0.3 is 4.42 Å². The zero-order valence-electron chi connectivity index (χ0n) is 18.3. The van der Waals surface area contributed by atoms with Crippen LogP contribution in [0.15, 0.2) is 83.3 Å². The molecule has 1 aliphatic rings. The summed E-state index contributed by atoms with van der Waals surface area (Å²) in [5.41, 5.74) is 4.23. The Morgan fingerprint density at radius 3 is 2.59 bits per heavy atom. The van der Waals surface area contributed by atoms with Crippen molar-refractivity contribution in [1.29, 1.82) is 0 Å². The molecule has 6 rings (SSSR count). The number of aryl methyl sites for hydroxylation is 1. The number of fused-ring (bicyclic) bond motifs is 3. The molecule has 3 aromatic carbocycles. The average Bonchev–Trinajstić information content (AvgIpc) is 3.24. The van der Waals surface area contributed by atoms with Crippen LogP contribution in [0, 0.1) is 18.5 Å². The number of nitrogens with zero attached hydrogens (tertiary/aromatic N) is 3. The van der Waals surface area contributed by atoms with Crippen LogP contribution < -0.4 is 0 Å². The van der Waals surface area contributed by atoms with Crippen molar-refractivity contribution >= 4 is 33.5 Å². The first-order chi connectivity index (χ1) is 16.6. The van der Waals surface area contributed by atoms with Crippen LogP contribution >= 0.6 is 11.6 Å². The summed E-state index contributed by atoms with van der Waals surface area (Å²) < 4.78 is 6.15. The van der Waals surface area contributed by atoms with Crippen LogP contribution in [0.25, 0.3) is 44.7 Å². The lowest BCUT2D eigenvalue weighted by molar-refractivity contribution is -0.288. The number of hydrogen-bond donors (Lipinski definition) is 0. The van der Waals surface area contributed by atoms with Gasteiger partial charge >= 0.3 is 0 Å². The van der Waals surface area contributed by atoms with E-state index in [0.29, 0.717) is 27.3 Å². The Morgan fingerprint density at radius 1 is 0.971 bits per heavy atom. The number of halogens is 2. The quantitative estimate of drug-likeness (QED) is 0.268. The molecule has 0 N–H and O–H groups in total. The Labute approximate surface area is 206 Å². The molecule has 1 aliphatic carbocycles. The Hall–Kier alpha value is -3.47. The van der Waals surface area contributed by atoms with Crippen LogP contribution in [0.2, 0.25) is 10.0 Å². The van der Waals surface area contributed by atoms with E-state index in [1.54, 1.807) is 6.07 Å². The minimum Gasteiger partial charge on any atom is -0.454 e. The second-order valence-electron chi connectivity index (χ2n) is 8.38. The fraction of sp³-hybridized carbons (Fsp3) is 0.107. The molecule has 1 atom stereocenters. The van der Waals surface area contributed by atoms with Crippen molar-refractivity contribution in [3.8, 4) is 22.8 Å². The van der Waals surface area contributed by atoms with Gasteiger partial charge in [-0.1, -0.05) is 72.3 Å². The molecule has 0 amide bonds. The van der Waals surface area contributed by atoms with Crippen LogP contribution in [0.3, 0.4) is 0 Å². The maximum atomic E-state index is 6.49. The van der Waals surface area contributed by atoms with Gasteiger partial charge in [-0.25, -0.2) is 15.0 Å². The molecular formula is C28H20Cl2N3O+. The predicted molar refractivity (Wildman–Crippen MR) is 134 cm³/mol. The smallest absolute Gasteiger partial charge is 0.228 e. The number of furan rings is 1. The Morgan fingerprint density at radius 2 is 1.79 bits per heavy atom. The number of allylic oxidation sites excluding steroid dienone is 4. The summed E-state index contributed by atoms with van der Waals surface area (Å²) in [6.45, 7) is 2.06. The van der Waals surface area contributed by atoms with Crippen molar-refractivity contribution < 1.29 is 16.0 Å². The second-order valence-corrected chi connectivity index (χ2v) is 9.26. The maximum Gasteiger partial charge on any atom is 0.228 e. The fourth-order valence-corrected chi connectivity index (χ4v) is 5.01. The first-order valence-corrected chi connectivity index (χ1v) is 11.8. The molecule has 0 radical (unpaired) electrons. The number of aromatic nitrogens is 3. The number of hydrogen-bond acceptors (Lipinski definition) is 4. The third kappa shape index (κ3) is 3.60. The van der Waals surface area contributed by atoms with Gasteiger partial charge in [0.05, 0.1) is 5.02 Å². The zero-order valence-corrected chi connectivity index (χ0v) is 19.9. The first-order valence-electron chi connectivity index (χ1n) is 11.1. The van der Waals surface area contributed by atoms with E-state index in [1.165, 1.54) is 0 Å². The predicted octanol–water partition coefficient (Wildman–Crippen LogP) is 7.36. The molecule has 0 spiro atoms. The van der Waals surface area contributed by atoms with Crippen molar-refractivity contribution in [3.63, 3.8) is 0 Å². The van der Waals surface area contributed by atoms with Crippen LogP contribution in [-0.4, -0.2) is 15.0 Å². The van der Waals surface area contributed by atoms with Crippen LogP contribution in [0.5, 0.6) is 0 Å². The van der Waals surface area contributed by atoms with Gasteiger partial charge in [-0.3, -0.25) is 0 Å². The lowest BCUT2D eigenvalue weighted by Gasteiger charge is -2.15. The number of benzene rings is 3. The SMILES string of the molecule is Cc1ccc2oc3c(Cl)cc([ClH+])cc3c2c1-c1nc(-c2ccccc2)nc(C2C=CC=CC2)n1. The third-order valence-corrected chi connectivity index (χ3v) is 6.61. The molecular weight excluding hydrogens is 465 g/mol. The van der Waals surface area contributed by atoms with E-state index in [1.807, 2.05) is 54.6 Å². The van der Waals surface area contributed by atoms with Crippen LogP contribution in [0.4, 0.5) is 0 Å². The second kappa shape index (κ2) is 8.39. The van der Waals surface area contributed by atoms with E-state index >= 15 is 0 Å². The van der Waals surface area contributed by atoms with E-state index < -0.39 is 0 Å². The molecule has 2 aromatic heterocycles. The van der Waals surface area contributed by atoms with Crippen molar-refractivity contribution in [2.24, 2.45) is 0 Å². The van der Waals surface area contributed by atoms with Gasteiger partial charge in [0.25, 0.3) is 0 Å². The molecule has 1 unspecified atom stereocenters. The summed E-state index contributed by atoms with van der Waals surface area (Å²) in [5.74, 6) is 2.09. The highest BCUT2D eigenvalue weighted by Crippen LogP contribution is 2.41. The highest BCUT2D eigenvalue weighted by molar-refractivity contribution is 6.36. The van der Waals surface area contributed by atoms with E-state index in [-0.39, 0.29) is 5.92 Å². The van der Waals surface area contributed by atoms with E-state index in [0.717, 1.165) is 45.3 Å². The highest BCUT2D eigenvalue weighted by atomic mass is 35.5. The minimum atomic E-state index is 0.0866. The van der Waals surface area contributed by atoms with E-state index in [2.05, 4.69) is 25.2 Å². The largest absolute Gasteiger partial charge is 0.454 e. The molecule has 34 heavy (non-hydrogen) atoms. The van der Waals surface area contributed by atoms with Gasteiger partial charge in [0.2, 0.25) is 5.02 Å². The van der Waals surface area contributed by atoms with Crippen molar-refractivity contribution in [3.05, 3.63) is 100 Å². The Bertz CT molecular complexity index is 1620. The molecule has 0 bridgehead atoms. The normalized spacial score (nSPS) is 15.4. The molecule has 0 saturated heterocycles. The van der Waals surface area contributed by atoms with Gasteiger partial charge in [-0.15, -0.1) is 0 Å². The molecule has 0 saturated carbocycles. The van der Waals surface area contributed by atoms with Gasteiger partial charge in [0.1, 0.15) is 11.4 Å². The zero-order chi connectivity index (χ0) is 23.2. The first kappa shape index (κ1) is 21.1. The summed E-state index contributed by atoms with van der Waals surface area (Å²) in [7, 11) is 0. The molecule has 6 heteroatoms. The maximum absolute atomic E-state index is 6.49. The van der Waals surface area contributed by atoms with Crippen molar-refractivity contribution in [2.45, 2.75) is 19.3 Å². The Kier molecular flexibility index (Phi) is 5.20. The summed E-state index contributed by atoms with van der Waals surface area (Å²) >= 11 is 11.9. The van der Waals surface area contributed by atoms with Gasteiger partial charge in [-0.2, -0.15) is 0 Å². The average molecular weight is 485 g/mol. The standard InChI is InChI=1S/C28H20Cl2N3O/c1-16-12-13-22-24(20-14-19(29)15-21(30)25(20)34-22)23(16)28-32-26(17-8-4-2-5-9-17)31-27(33-28)18-10-6-3-7-11-18/h2-10,12-15,18,29H,11H2,1H3/q+1. The van der Waals surface area contributed by atoms with Crippen LogP contribution in [0.1, 0.15) is 23.7 Å².